The normalized spacial score (nSPS) is 18.8. The van der Waals surface area contributed by atoms with Crippen molar-refractivity contribution in [2.75, 3.05) is 0 Å². The zero-order valence-electron chi connectivity index (χ0n) is 11.4. The Kier molecular flexibility index (Phi) is 5.28. The molecule has 0 bridgehead atoms. The molecule has 11 heteroatoms. The lowest BCUT2D eigenvalue weighted by atomic mass is 9.92. The van der Waals surface area contributed by atoms with Crippen LogP contribution in [0.3, 0.4) is 0 Å². The summed E-state index contributed by atoms with van der Waals surface area (Å²) in [6, 6.07) is 5.36. The third kappa shape index (κ3) is 3.30. The summed E-state index contributed by atoms with van der Waals surface area (Å²) in [5.41, 5.74) is -1.08. The molecule has 1 aromatic carbocycles. The smallest absolute Gasteiger partial charge is 0.277 e. The average molecular weight is 431 g/mol. The molecule has 0 saturated heterocycles. The van der Waals surface area contributed by atoms with Crippen molar-refractivity contribution in [1.29, 1.82) is 0 Å². The van der Waals surface area contributed by atoms with E-state index in [0.29, 0.717) is 0 Å². The van der Waals surface area contributed by atoms with Gasteiger partial charge in [0.05, 0.1) is 21.2 Å². The molecule has 1 aliphatic carbocycles. The first-order valence-corrected chi connectivity index (χ1v) is 7.99. The van der Waals surface area contributed by atoms with Crippen LogP contribution in [-0.4, -0.2) is 19.7 Å². The summed E-state index contributed by atoms with van der Waals surface area (Å²) >= 11 is 30.7. The van der Waals surface area contributed by atoms with E-state index < -0.39 is 25.4 Å². The van der Waals surface area contributed by atoms with Gasteiger partial charge in [0.25, 0.3) is 5.69 Å². The van der Waals surface area contributed by atoms with E-state index in [0.717, 1.165) is 6.08 Å². The zero-order chi connectivity index (χ0) is 18.3. The van der Waals surface area contributed by atoms with Crippen molar-refractivity contribution in [3.05, 3.63) is 56.7 Å². The maximum absolute atomic E-state index is 11.3. The first kappa shape index (κ1) is 19.1. The van der Waals surface area contributed by atoms with Gasteiger partial charge in [0.1, 0.15) is 6.09 Å². The number of hydrogen-bond acceptors (Lipinski definition) is 4. The summed E-state index contributed by atoms with van der Waals surface area (Å²) in [6.45, 7) is 0. The molecule has 0 aromatic heterocycles. The molecule has 0 atom stereocenters. The van der Waals surface area contributed by atoms with Gasteiger partial charge in [0.15, 0.2) is 8.67 Å². The maximum atomic E-state index is 11.3. The third-order valence-corrected chi connectivity index (χ3v) is 5.57. The number of nitro groups is 1. The monoisotopic (exact) mass is 429 g/mol. The standard InChI is InChI=1S/C13H7Cl5N2O4/c14-7-5-12(15,16)13(17,18)9(10(7)19-11(21)22)6-3-1-2-4-8(6)20(23)24/h1-5,19H,(H,21,22)/p-1. The minimum absolute atomic E-state index is 0.104. The van der Waals surface area contributed by atoms with Gasteiger partial charge in [0, 0.05) is 11.6 Å². The number of benzene rings is 1. The topological polar surface area (TPSA) is 95.3 Å². The summed E-state index contributed by atoms with van der Waals surface area (Å²) in [5, 5.41) is 23.9. The van der Waals surface area contributed by atoms with E-state index in [1.807, 2.05) is 5.32 Å². The van der Waals surface area contributed by atoms with Crippen molar-refractivity contribution in [2.24, 2.45) is 0 Å². The Morgan fingerprint density at radius 3 is 2.29 bits per heavy atom. The molecule has 0 unspecified atom stereocenters. The van der Waals surface area contributed by atoms with Gasteiger partial charge in [-0.15, -0.1) is 0 Å². The Morgan fingerprint density at radius 2 is 1.75 bits per heavy atom. The summed E-state index contributed by atoms with van der Waals surface area (Å²) in [5.74, 6) is 0. The highest BCUT2D eigenvalue weighted by Crippen LogP contribution is 2.57. The van der Waals surface area contributed by atoms with E-state index in [2.05, 4.69) is 0 Å². The first-order valence-electron chi connectivity index (χ1n) is 6.10. The molecular weight excluding hydrogens is 425 g/mol. The minimum Gasteiger partial charge on any atom is -0.530 e. The molecule has 0 radical (unpaired) electrons. The largest absolute Gasteiger partial charge is 0.530 e. The number of carboxylic acid groups (broad SMARTS) is 1. The molecule has 6 nitrogen and oxygen atoms in total. The third-order valence-electron chi connectivity index (χ3n) is 3.13. The van der Waals surface area contributed by atoms with Crippen LogP contribution in [0.15, 0.2) is 41.1 Å². The number of carbonyl (C=O) groups excluding carboxylic acids is 1. The molecule has 1 amide bonds. The quantitative estimate of drug-likeness (QED) is 0.448. The van der Waals surface area contributed by atoms with Gasteiger partial charge in [-0.05, 0) is 12.1 Å². The van der Waals surface area contributed by atoms with Crippen LogP contribution in [0.5, 0.6) is 0 Å². The van der Waals surface area contributed by atoms with Crippen LogP contribution in [-0.2, 0) is 0 Å². The molecule has 2 rings (SSSR count). The highest BCUT2D eigenvalue weighted by molar-refractivity contribution is 6.68. The SMILES string of the molecule is O=C([O-])NC1=C(c2ccccc2[N+](=O)[O-])C(Cl)(Cl)C(Cl)(Cl)C=C1Cl. The number of halogens is 5. The van der Waals surface area contributed by atoms with Crippen molar-refractivity contribution < 1.29 is 14.8 Å². The number of rotatable bonds is 3. The number of nitrogens with zero attached hydrogens (tertiary/aromatic N) is 1. The van der Waals surface area contributed by atoms with Gasteiger partial charge in [-0.2, -0.15) is 0 Å². The van der Waals surface area contributed by atoms with E-state index in [9.17, 15) is 20.0 Å². The van der Waals surface area contributed by atoms with Gasteiger partial charge in [0.2, 0.25) is 0 Å². The van der Waals surface area contributed by atoms with Crippen molar-refractivity contribution in [3.8, 4) is 0 Å². The van der Waals surface area contributed by atoms with E-state index in [-0.39, 0.29) is 21.9 Å². The molecule has 0 fully saturated rings. The van der Waals surface area contributed by atoms with Crippen LogP contribution in [0.25, 0.3) is 5.57 Å². The second-order valence-electron chi connectivity index (χ2n) is 4.63. The number of carbonyl (C=O) groups is 1. The second kappa shape index (κ2) is 6.61. The Bertz CT molecular complexity index is 788. The fourth-order valence-corrected chi connectivity index (χ4v) is 3.46. The van der Waals surface area contributed by atoms with E-state index >= 15 is 0 Å². The van der Waals surface area contributed by atoms with Gasteiger partial charge in [-0.1, -0.05) is 70.1 Å². The number of allylic oxidation sites excluding steroid dienone is 3. The van der Waals surface area contributed by atoms with Crippen LogP contribution >= 0.6 is 58.0 Å². The maximum Gasteiger partial charge on any atom is 0.277 e. The molecule has 24 heavy (non-hydrogen) atoms. The predicted molar refractivity (Wildman–Crippen MR) is 91.4 cm³/mol. The van der Waals surface area contributed by atoms with Crippen molar-refractivity contribution >= 4 is 75.4 Å². The molecule has 1 aromatic rings. The van der Waals surface area contributed by atoms with Crippen LogP contribution in [0.2, 0.25) is 0 Å². The molecule has 0 aliphatic heterocycles. The van der Waals surface area contributed by atoms with Gasteiger partial charge in [-0.3, -0.25) is 10.1 Å². The van der Waals surface area contributed by atoms with Crippen LogP contribution < -0.4 is 10.4 Å². The Balaban J connectivity index is 2.88. The highest BCUT2D eigenvalue weighted by atomic mass is 35.5. The molecule has 0 spiro atoms. The average Bonchev–Trinajstić information content (AvgIpc) is 2.44. The lowest BCUT2D eigenvalue weighted by molar-refractivity contribution is -0.385. The Labute approximate surface area is 160 Å². The van der Waals surface area contributed by atoms with Gasteiger partial charge < -0.3 is 15.2 Å². The first-order chi connectivity index (χ1) is 11.0. The van der Waals surface area contributed by atoms with E-state index in [4.69, 9.17) is 58.0 Å². The number of nitrogens with one attached hydrogen (secondary N) is 1. The Hall–Kier alpha value is -1.18. The fraction of sp³-hybridized carbons (Fsp3) is 0.154. The number of para-hydroxylation sites is 1. The van der Waals surface area contributed by atoms with Crippen molar-refractivity contribution in [3.63, 3.8) is 0 Å². The summed E-state index contributed by atoms with van der Waals surface area (Å²) in [4.78, 5) is 21.5. The van der Waals surface area contributed by atoms with Crippen molar-refractivity contribution in [1.82, 2.24) is 5.32 Å². The zero-order valence-corrected chi connectivity index (χ0v) is 15.1. The number of amides is 1. The lowest BCUT2D eigenvalue weighted by Crippen LogP contribution is -2.44. The predicted octanol–water partition coefficient (Wildman–Crippen LogP) is 3.72. The van der Waals surface area contributed by atoms with Gasteiger partial charge in [-0.25, -0.2) is 0 Å². The Morgan fingerprint density at radius 1 is 1.17 bits per heavy atom. The molecule has 0 saturated carbocycles. The summed E-state index contributed by atoms with van der Waals surface area (Å²) < 4.78 is -4.14. The van der Waals surface area contributed by atoms with Crippen LogP contribution in [0, 0.1) is 10.1 Å². The summed E-state index contributed by atoms with van der Waals surface area (Å²) in [7, 11) is 0. The molecule has 128 valence electrons. The second-order valence-corrected chi connectivity index (χ2v) is 7.75. The molecule has 1 aliphatic rings. The van der Waals surface area contributed by atoms with E-state index in [1.54, 1.807) is 0 Å². The van der Waals surface area contributed by atoms with Crippen LogP contribution in [0.4, 0.5) is 10.5 Å². The number of nitro benzene ring substituents is 1. The minimum atomic E-state index is -2.15. The van der Waals surface area contributed by atoms with Crippen LogP contribution in [0.1, 0.15) is 5.56 Å². The number of alkyl halides is 4. The van der Waals surface area contributed by atoms with Gasteiger partial charge >= 0.3 is 0 Å². The summed E-state index contributed by atoms with van der Waals surface area (Å²) in [6.07, 6.45) is -0.713. The fourth-order valence-electron chi connectivity index (χ4n) is 2.14. The van der Waals surface area contributed by atoms with E-state index in [1.165, 1.54) is 24.3 Å². The molecule has 0 heterocycles. The highest BCUT2D eigenvalue weighted by Gasteiger charge is 2.54. The lowest BCUT2D eigenvalue weighted by Gasteiger charge is -2.38. The molecular formula is C13H6Cl5N2O4-. The van der Waals surface area contributed by atoms with Crippen molar-refractivity contribution in [2.45, 2.75) is 8.67 Å². The molecule has 1 N–H and O–H groups in total. The number of hydrogen-bond donors (Lipinski definition) is 1.